The Balaban J connectivity index is 1.75. The van der Waals surface area contributed by atoms with E-state index in [4.69, 9.17) is 14.2 Å². The second kappa shape index (κ2) is 8.73. The molecule has 0 aliphatic heterocycles. The molecule has 160 valence electrons. The molecule has 6 nitrogen and oxygen atoms in total. The van der Waals surface area contributed by atoms with Crippen molar-refractivity contribution in [2.75, 3.05) is 7.11 Å². The summed E-state index contributed by atoms with van der Waals surface area (Å²) in [7, 11) is 1.57. The average molecular weight is 422 g/mol. The first-order valence-electron chi connectivity index (χ1n) is 9.96. The van der Waals surface area contributed by atoms with Crippen molar-refractivity contribution < 1.29 is 23.4 Å². The smallest absolute Gasteiger partial charge is 0.357 e. The summed E-state index contributed by atoms with van der Waals surface area (Å²) < 4.78 is 29.8. The van der Waals surface area contributed by atoms with Crippen LogP contribution in [0.3, 0.4) is 0 Å². The van der Waals surface area contributed by atoms with Crippen LogP contribution in [0.25, 0.3) is 21.8 Å². The zero-order valence-electron chi connectivity index (χ0n) is 17.6. The molecule has 0 aliphatic rings. The highest BCUT2D eigenvalue weighted by Gasteiger charge is 2.21. The van der Waals surface area contributed by atoms with Crippen LogP contribution in [0.4, 0.5) is 4.39 Å². The number of esters is 1. The Hall–Kier alpha value is -3.45. The summed E-state index contributed by atoms with van der Waals surface area (Å²) in [5, 5.41) is 1.73. The quantitative estimate of drug-likeness (QED) is 0.417. The summed E-state index contributed by atoms with van der Waals surface area (Å²) in [5.41, 5.74) is 3.44. The fraction of sp³-hybridized carbons (Fsp3) is 0.250. The van der Waals surface area contributed by atoms with Crippen molar-refractivity contribution in [2.45, 2.75) is 33.2 Å². The maximum absolute atomic E-state index is 13.1. The predicted molar refractivity (Wildman–Crippen MR) is 116 cm³/mol. The zero-order chi connectivity index (χ0) is 22.0. The Morgan fingerprint density at radius 3 is 2.58 bits per heavy atom. The molecule has 0 spiro atoms. The molecule has 0 radical (unpaired) electrons. The summed E-state index contributed by atoms with van der Waals surface area (Å²) in [4.78, 5) is 20.3. The summed E-state index contributed by atoms with van der Waals surface area (Å²) in [5.74, 6) is -0.110. The number of carbonyl (C=O) groups excluding carboxylic acids is 1. The Labute approximate surface area is 179 Å². The maximum atomic E-state index is 13.1. The van der Waals surface area contributed by atoms with E-state index < -0.39 is 5.97 Å². The van der Waals surface area contributed by atoms with Gasteiger partial charge in [0, 0.05) is 29.0 Å². The SMILES string of the molecule is COCc1c(C(=O)OC(C)C)ncc2[nH]c3ccc(OCc4ccc(F)cc4)cc3c12. The Morgan fingerprint density at radius 2 is 1.87 bits per heavy atom. The molecule has 2 aromatic heterocycles. The molecule has 4 aromatic rings. The van der Waals surface area contributed by atoms with Crippen molar-refractivity contribution in [3.63, 3.8) is 0 Å². The van der Waals surface area contributed by atoms with Crippen LogP contribution in [0.1, 0.15) is 35.5 Å². The van der Waals surface area contributed by atoms with Gasteiger partial charge >= 0.3 is 5.97 Å². The van der Waals surface area contributed by atoms with Gasteiger partial charge in [-0.05, 0) is 49.7 Å². The number of ether oxygens (including phenoxy) is 3. The van der Waals surface area contributed by atoms with E-state index in [-0.39, 0.29) is 24.2 Å². The van der Waals surface area contributed by atoms with E-state index in [1.54, 1.807) is 39.3 Å². The summed E-state index contributed by atoms with van der Waals surface area (Å²) >= 11 is 0. The predicted octanol–water partition coefficient (Wildman–Crippen LogP) is 5.15. The van der Waals surface area contributed by atoms with E-state index >= 15 is 0 Å². The molecule has 4 rings (SSSR count). The van der Waals surface area contributed by atoms with Gasteiger partial charge in [0.15, 0.2) is 5.69 Å². The molecule has 0 atom stereocenters. The molecule has 0 amide bonds. The molecule has 31 heavy (non-hydrogen) atoms. The molecule has 0 fully saturated rings. The van der Waals surface area contributed by atoms with Crippen molar-refractivity contribution in [3.8, 4) is 5.75 Å². The molecule has 0 unspecified atom stereocenters. The molecule has 2 heterocycles. The number of hydrogen-bond acceptors (Lipinski definition) is 5. The van der Waals surface area contributed by atoms with E-state index in [1.807, 2.05) is 18.2 Å². The van der Waals surface area contributed by atoms with Gasteiger partial charge in [-0.3, -0.25) is 0 Å². The fourth-order valence-electron chi connectivity index (χ4n) is 3.51. The molecule has 1 N–H and O–H groups in total. The van der Waals surface area contributed by atoms with Crippen molar-refractivity contribution >= 4 is 27.8 Å². The standard InChI is InChI=1S/C24H23FN2O4/c1-14(2)31-24(28)23-19(13-29-3)22-18-10-17(8-9-20(18)27-21(22)11-26-23)30-12-15-4-6-16(25)7-5-15/h4-11,14,27H,12-13H2,1-3H3. The van der Waals surface area contributed by atoms with Crippen molar-refractivity contribution in [2.24, 2.45) is 0 Å². The Bertz CT molecular complexity index is 1230. The first kappa shape index (κ1) is 20.8. The topological polar surface area (TPSA) is 73.4 Å². The molecule has 0 aliphatic carbocycles. The van der Waals surface area contributed by atoms with Gasteiger partial charge in [-0.2, -0.15) is 0 Å². The van der Waals surface area contributed by atoms with Crippen molar-refractivity contribution in [1.82, 2.24) is 9.97 Å². The average Bonchev–Trinajstić information content (AvgIpc) is 3.11. The van der Waals surface area contributed by atoms with E-state index in [1.165, 1.54) is 12.1 Å². The molecular weight excluding hydrogens is 399 g/mol. The number of hydrogen-bond donors (Lipinski definition) is 1. The Kier molecular flexibility index (Phi) is 5.86. The fourth-order valence-corrected chi connectivity index (χ4v) is 3.51. The third kappa shape index (κ3) is 4.36. The van der Waals surface area contributed by atoms with E-state index in [2.05, 4.69) is 9.97 Å². The summed E-state index contributed by atoms with van der Waals surface area (Å²) in [6, 6.07) is 11.9. The van der Waals surface area contributed by atoms with E-state index in [0.29, 0.717) is 17.9 Å². The molecule has 0 saturated carbocycles. The van der Waals surface area contributed by atoms with Crippen LogP contribution in [-0.2, 0) is 22.7 Å². The minimum Gasteiger partial charge on any atom is -0.489 e. The monoisotopic (exact) mass is 422 g/mol. The number of aromatic amines is 1. The number of aromatic nitrogens is 2. The van der Waals surface area contributed by atoms with Crippen molar-refractivity contribution in [3.05, 3.63) is 71.3 Å². The van der Waals surface area contributed by atoms with Crippen LogP contribution in [0.5, 0.6) is 5.75 Å². The lowest BCUT2D eigenvalue weighted by molar-refractivity contribution is 0.0366. The second-order valence-corrected chi connectivity index (χ2v) is 7.51. The highest BCUT2D eigenvalue weighted by Crippen LogP contribution is 2.33. The number of carbonyl (C=O) groups is 1. The van der Waals surface area contributed by atoms with Gasteiger partial charge in [0.25, 0.3) is 0 Å². The van der Waals surface area contributed by atoms with Gasteiger partial charge in [0.05, 0.1) is 24.4 Å². The zero-order valence-corrected chi connectivity index (χ0v) is 17.6. The number of H-pyrrole nitrogens is 1. The first-order chi connectivity index (χ1) is 15.0. The van der Waals surface area contributed by atoms with Crippen LogP contribution >= 0.6 is 0 Å². The molecule has 7 heteroatoms. The minimum absolute atomic E-state index is 0.209. The third-order valence-electron chi connectivity index (χ3n) is 4.85. The lowest BCUT2D eigenvalue weighted by atomic mass is 10.1. The van der Waals surface area contributed by atoms with Gasteiger partial charge in [0.1, 0.15) is 18.2 Å². The highest BCUT2D eigenvalue weighted by molar-refractivity contribution is 6.11. The van der Waals surface area contributed by atoms with Crippen LogP contribution in [0.15, 0.2) is 48.7 Å². The highest BCUT2D eigenvalue weighted by atomic mass is 19.1. The van der Waals surface area contributed by atoms with Crippen LogP contribution in [0, 0.1) is 5.82 Å². The number of nitrogens with zero attached hydrogens (tertiary/aromatic N) is 1. The first-order valence-corrected chi connectivity index (χ1v) is 9.96. The normalized spacial score (nSPS) is 11.4. The number of nitrogens with one attached hydrogen (secondary N) is 1. The second-order valence-electron chi connectivity index (χ2n) is 7.51. The van der Waals surface area contributed by atoms with Crippen LogP contribution in [-0.4, -0.2) is 29.2 Å². The van der Waals surface area contributed by atoms with Gasteiger partial charge in [-0.1, -0.05) is 12.1 Å². The van der Waals surface area contributed by atoms with E-state index in [0.717, 1.165) is 27.4 Å². The minimum atomic E-state index is -0.484. The summed E-state index contributed by atoms with van der Waals surface area (Å²) in [6.45, 7) is 4.11. The Morgan fingerprint density at radius 1 is 1.10 bits per heavy atom. The largest absolute Gasteiger partial charge is 0.489 e. The lowest BCUT2D eigenvalue weighted by Gasteiger charge is -2.12. The van der Waals surface area contributed by atoms with E-state index in [9.17, 15) is 9.18 Å². The number of rotatable bonds is 7. The van der Waals surface area contributed by atoms with Gasteiger partial charge in [-0.25, -0.2) is 14.2 Å². The van der Waals surface area contributed by atoms with Gasteiger partial charge in [-0.15, -0.1) is 0 Å². The number of halogens is 1. The molecule has 0 bridgehead atoms. The number of fused-ring (bicyclic) bond motifs is 3. The van der Waals surface area contributed by atoms with Gasteiger partial charge in [0.2, 0.25) is 0 Å². The third-order valence-corrected chi connectivity index (χ3v) is 4.85. The lowest BCUT2D eigenvalue weighted by Crippen LogP contribution is -2.15. The molecular formula is C24H23FN2O4. The van der Waals surface area contributed by atoms with Gasteiger partial charge < -0.3 is 19.2 Å². The summed E-state index contributed by atoms with van der Waals surface area (Å²) in [6.07, 6.45) is 1.37. The maximum Gasteiger partial charge on any atom is 0.357 e. The number of benzene rings is 2. The molecule has 0 saturated heterocycles. The van der Waals surface area contributed by atoms with Crippen molar-refractivity contribution in [1.29, 1.82) is 0 Å². The molecule has 2 aromatic carbocycles. The number of methoxy groups -OCH3 is 1. The van der Waals surface area contributed by atoms with Crippen LogP contribution in [0.2, 0.25) is 0 Å². The number of pyridine rings is 1. The van der Waals surface area contributed by atoms with Crippen LogP contribution < -0.4 is 4.74 Å².